The molecule has 0 aliphatic heterocycles. The average Bonchev–Trinajstić information content (AvgIpc) is 3.37. The molecular weight excluding hydrogens is 480 g/mol. The predicted molar refractivity (Wildman–Crippen MR) is 162 cm³/mol. The number of ether oxygens (including phenoxy) is 1. The number of carbonyl (C=O) groups excluding carboxylic acids is 1. The highest BCUT2D eigenvalue weighted by Gasteiger charge is 2.22. The number of esters is 1. The van der Waals surface area contributed by atoms with Gasteiger partial charge in [-0.3, -0.25) is 0 Å². The molecule has 0 bridgehead atoms. The summed E-state index contributed by atoms with van der Waals surface area (Å²) >= 11 is 0. The van der Waals surface area contributed by atoms with E-state index >= 15 is 0 Å². The van der Waals surface area contributed by atoms with Gasteiger partial charge in [-0.1, -0.05) is 111 Å². The van der Waals surface area contributed by atoms with Crippen LogP contribution in [0.5, 0.6) is 0 Å². The number of hydrogen-bond donors (Lipinski definition) is 0. The number of rotatable bonds is 8. The van der Waals surface area contributed by atoms with Crippen molar-refractivity contribution < 1.29 is 9.53 Å². The van der Waals surface area contributed by atoms with Gasteiger partial charge in [0.05, 0.1) is 18.0 Å². The second kappa shape index (κ2) is 12.7. The summed E-state index contributed by atoms with van der Waals surface area (Å²) in [6, 6.07) is 37.4. The first-order valence-corrected chi connectivity index (χ1v) is 13.0. The van der Waals surface area contributed by atoms with Gasteiger partial charge in [-0.15, -0.1) is 0 Å². The SMILES string of the molecule is C.CCOC(=O)/C=C/c1cccc(-c2ccccc2-n2nc(-c3ccccc3)c(-c3ccccc3)c2CC)c1. The maximum Gasteiger partial charge on any atom is 0.330 e. The van der Waals surface area contributed by atoms with E-state index in [2.05, 4.69) is 90.5 Å². The van der Waals surface area contributed by atoms with E-state index in [1.165, 1.54) is 6.08 Å². The predicted octanol–water partition coefficient (Wildman–Crippen LogP) is 8.65. The number of para-hydroxylation sites is 1. The van der Waals surface area contributed by atoms with Crippen molar-refractivity contribution in [3.05, 3.63) is 127 Å². The van der Waals surface area contributed by atoms with Gasteiger partial charge >= 0.3 is 5.97 Å². The van der Waals surface area contributed by atoms with Crippen LogP contribution in [0.2, 0.25) is 0 Å². The molecule has 0 N–H and O–H groups in total. The number of carbonyl (C=O) groups is 1. The lowest BCUT2D eigenvalue weighted by Gasteiger charge is -2.14. The summed E-state index contributed by atoms with van der Waals surface area (Å²) in [7, 11) is 0. The van der Waals surface area contributed by atoms with Crippen LogP contribution in [0.1, 0.15) is 32.5 Å². The quantitative estimate of drug-likeness (QED) is 0.154. The lowest BCUT2D eigenvalue weighted by atomic mass is 9.97. The summed E-state index contributed by atoms with van der Waals surface area (Å²) < 4.78 is 7.13. The summed E-state index contributed by atoms with van der Waals surface area (Å²) in [4.78, 5) is 11.8. The molecule has 5 rings (SSSR count). The molecule has 0 spiro atoms. The van der Waals surface area contributed by atoms with Gasteiger partial charge in [0.1, 0.15) is 5.69 Å². The van der Waals surface area contributed by atoms with Crippen molar-refractivity contribution >= 4 is 12.0 Å². The van der Waals surface area contributed by atoms with E-state index < -0.39 is 0 Å². The molecule has 0 aliphatic carbocycles. The highest BCUT2D eigenvalue weighted by Crippen LogP contribution is 2.38. The molecule has 0 saturated heterocycles. The average molecular weight is 515 g/mol. The van der Waals surface area contributed by atoms with Crippen LogP contribution < -0.4 is 0 Å². The Morgan fingerprint density at radius 1 is 0.795 bits per heavy atom. The molecule has 4 heteroatoms. The van der Waals surface area contributed by atoms with Crippen molar-refractivity contribution in [2.45, 2.75) is 27.7 Å². The van der Waals surface area contributed by atoms with Gasteiger partial charge in [0.15, 0.2) is 0 Å². The Hall–Kier alpha value is -4.70. The standard InChI is InChI=1S/C34H30N2O2.CH4/c1-3-30-33(26-15-7-5-8-16-26)34(27-17-9-6-10-18-27)35-36(30)31-21-12-11-20-29(31)28-19-13-14-25(24-28)22-23-32(37)38-4-2;/h5-24H,3-4H2,1-2H3;1H4/b23-22+;. The summed E-state index contributed by atoms with van der Waals surface area (Å²) in [6.07, 6.45) is 4.08. The van der Waals surface area contributed by atoms with Crippen molar-refractivity contribution in [1.29, 1.82) is 0 Å². The first-order valence-electron chi connectivity index (χ1n) is 13.0. The Morgan fingerprint density at radius 3 is 2.13 bits per heavy atom. The second-order valence-corrected chi connectivity index (χ2v) is 8.90. The van der Waals surface area contributed by atoms with Crippen LogP contribution in [-0.2, 0) is 16.0 Å². The van der Waals surface area contributed by atoms with Crippen LogP contribution >= 0.6 is 0 Å². The van der Waals surface area contributed by atoms with E-state index in [0.717, 1.165) is 56.9 Å². The molecule has 5 aromatic rings. The minimum absolute atomic E-state index is 0. The summed E-state index contributed by atoms with van der Waals surface area (Å²) in [5.74, 6) is -0.343. The normalized spacial score (nSPS) is 10.8. The molecule has 0 saturated carbocycles. The van der Waals surface area contributed by atoms with E-state index in [-0.39, 0.29) is 13.4 Å². The van der Waals surface area contributed by atoms with Crippen molar-refractivity contribution in [1.82, 2.24) is 9.78 Å². The first kappa shape index (κ1) is 27.3. The lowest BCUT2D eigenvalue weighted by Crippen LogP contribution is -2.04. The van der Waals surface area contributed by atoms with Gasteiger partial charge in [0, 0.05) is 22.8 Å². The molecule has 4 nitrogen and oxygen atoms in total. The van der Waals surface area contributed by atoms with E-state index in [4.69, 9.17) is 9.84 Å². The van der Waals surface area contributed by atoms with Gasteiger partial charge in [0.25, 0.3) is 0 Å². The molecule has 1 heterocycles. The fourth-order valence-corrected chi connectivity index (χ4v) is 4.75. The lowest BCUT2D eigenvalue weighted by molar-refractivity contribution is -0.137. The zero-order valence-electron chi connectivity index (χ0n) is 21.7. The zero-order valence-corrected chi connectivity index (χ0v) is 21.7. The van der Waals surface area contributed by atoms with E-state index in [1.807, 2.05) is 30.3 Å². The molecule has 0 radical (unpaired) electrons. The molecule has 0 aliphatic rings. The summed E-state index contributed by atoms with van der Waals surface area (Å²) in [6.45, 7) is 4.34. The Labute approximate surface area is 231 Å². The van der Waals surface area contributed by atoms with E-state index in [0.29, 0.717) is 6.61 Å². The Bertz CT molecular complexity index is 1570. The highest BCUT2D eigenvalue weighted by atomic mass is 16.5. The fourth-order valence-electron chi connectivity index (χ4n) is 4.75. The minimum atomic E-state index is -0.343. The molecule has 0 fully saturated rings. The van der Waals surface area contributed by atoms with Gasteiger partial charge in [-0.05, 0) is 48.2 Å². The Kier molecular flexibility index (Phi) is 8.90. The topological polar surface area (TPSA) is 44.1 Å². The van der Waals surface area contributed by atoms with Crippen LogP contribution in [0.4, 0.5) is 0 Å². The summed E-state index contributed by atoms with van der Waals surface area (Å²) in [5.41, 5.74) is 9.56. The highest BCUT2D eigenvalue weighted by molar-refractivity contribution is 5.88. The number of hydrogen-bond acceptors (Lipinski definition) is 3. The molecule has 4 aromatic carbocycles. The van der Waals surface area contributed by atoms with E-state index in [9.17, 15) is 4.79 Å². The largest absolute Gasteiger partial charge is 0.463 e. The molecule has 0 amide bonds. The minimum Gasteiger partial charge on any atom is -0.463 e. The summed E-state index contributed by atoms with van der Waals surface area (Å²) in [5, 5.41) is 5.23. The molecule has 196 valence electrons. The van der Waals surface area contributed by atoms with Crippen LogP contribution in [0.3, 0.4) is 0 Å². The fraction of sp³-hybridized carbons (Fsp3) is 0.143. The molecule has 1 aromatic heterocycles. The monoisotopic (exact) mass is 514 g/mol. The molecule has 39 heavy (non-hydrogen) atoms. The first-order chi connectivity index (χ1) is 18.7. The van der Waals surface area contributed by atoms with Crippen molar-refractivity contribution in [2.75, 3.05) is 6.61 Å². The van der Waals surface area contributed by atoms with Crippen molar-refractivity contribution in [3.63, 3.8) is 0 Å². The van der Waals surface area contributed by atoms with Gasteiger partial charge in [-0.2, -0.15) is 5.10 Å². The Morgan fingerprint density at radius 2 is 1.44 bits per heavy atom. The molecule has 0 atom stereocenters. The zero-order chi connectivity index (χ0) is 26.3. The van der Waals surface area contributed by atoms with Crippen LogP contribution in [0, 0.1) is 0 Å². The van der Waals surface area contributed by atoms with Crippen molar-refractivity contribution in [3.8, 4) is 39.2 Å². The maximum atomic E-state index is 11.8. The van der Waals surface area contributed by atoms with Crippen molar-refractivity contribution in [2.24, 2.45) is 0 Å². The third kappa shape index (κ3) is 5.91. The third-order valence-corrected chi connectivity index (χ3v) is 6.45. The Balaban J connectivity index is 0.00000353. The number of aromatic nitrogens is 2. The van der Waals surface area contributed by atoms with Gasteiger partial charge < -0.3 is 4.74 Å². The second-order valence-electron chi connectivity index (χ2n) is 8.90. The molecule has 0 unspecified atom stereocenters. The smallest absolute Gasteiger partial charge is 0.330 e. The maximum absolute atomic E-state index is 11.8. The number of benzene rings is 4. The van der Waals surface area contributed by atoms with Gasteiger partial charge in [-0.25, -0.2) is 9.48 Å². The molecular formula is C35H34N2O2. The number of nitrogens with zero attached hydrogens (tertiary/aromatic N) is 2. The van der Waals surface area contributed by atoms with Crippen LogP contribution in [-0.4, -0.2) is 22.4 Å². The van der Waals surface area contributed by atoms with Gasteiger partial charge in [0.2, 0.25) is 0 Å². The van der Waals surface area contributed by atoms with Crippen LogP contribution in [0.15, 0.2) is 115 Å². The van der Waals surface area contributed by atoms with E-state index in [1.54, 1.807) is 13.0 Å². The van der Waals surface area contributed by atoms with Crippen LogP contribution in [0.25, 0.3) is 45.3 Å². The third-order valence-electron chi connectivity index (χ3n) is 6.45.